The molecular formula is C13H21N7O3. The quantitative estimate of drug-likeness (QED) is 0.396. The van der Waals surface area contributed by atoms with Gasteiger partial charge in [0.15, 0.2) is 11.5 Å². The number of imidazole rings is 1. The predicted octanol–water partition coefficient (Wildman–Crippen LogP) is -1.90. The maximum Gasteiger partial charge on any atom is 0.234 e. The van der Waals surface area contributed by atoms with Gasteiger partial charge in [-0.05, 0) is 19.9 Å². The molecule has 23 heavy (non-hydrogen) atoms. The molecule has 7 N–H and O–H groups in total. The highest BCUT2D eigenvalue weighted by Crippen LogP contribution is 2.35. The van der Waals surface area contributed by atoms with Gasteiger partial charge in [0.25, 0.3) is 0 Å². The van der Waals surface area contributed by atoms with Crippen LogP contribution in [0.25, 0.3) is 11.2 Å². The summed E-state index contributed by atoms with van der Waals surface area (Å²) in [6, 6.07) is 0. The molecule has 0 spiro atoms. The highest BCUT2D eigenvalue weighted by atomic mass is 16.6. The number of rotatable bonds is 5. The molecule has 4 atom stereocenters. The van der Waals surface area contributed by atoms with E-state index in [1.807, 2.05) is 0 Å². The molecule has 1 fully saturated rings. The lowest BCUT2D eigenvalue weighted by molar-refractivity contribution is -0.160. The third-order valence-electron chi connectivity index (χ3n) is 4.05. The van der Waals surface area contributed by atoms with E-state index in [0.717, 1.165) is 0 Å². The summed E-state index contributed by atoms with van der Waals surface area (Å²) >= 11 is 0. The van der Waals surface area contributed by atoms with Crippen molar-refractivity contribution in [3.63, 3.8) is 0 Å². The monoisotopic (exact) mass is 323 g/mol. The van der Waals surface area contributed by atoms with E-state index >= 15 is 0 Å². The highest BCUT2D eigenvalue weighted by molar-refractivity contribution is 5.81. The van der Waals surface area contributed by atoms with E-state index in [1.54, 1.807) is 6.92 Å². The molecule has 3 heterocycles. The topological polar surface area (TPSA) is 157 Å². The fourth-order valence-electron chi connectivity index (χ4n) is 2.81. The van der Waals surface area contributed by atoms with Crippen molar-refractivity contribution < 1.29 is 14.9 Å². The summed E-state index contributed by atoms with van der Waals surface area (Å²) in [5, 5.41) is 23.9. The lowest BCUT2D eigenvalue weighted by Crippen LogP contribution is -2.56. The number of aliphatic hydroxyl groups excluding tert-OH is 2. The standard InChI is InChI=1S/C13H21N7O3/c1-7-9(21)10(22)13(23-7,19-4-2-3-14)20-6-18-8-11(15)16-5-17-12(8)20/h5-7,9-10,19,21-22H,2-4,14H2,1H3,(H2,15,16,17)/t7-,9-,10-,13+/m1/s1. The van der Waals surface area contributed by atoms with Crippen molar-refractivity contribution in [1.82, 2.24) is 24.8 Å². The number of nitrogens with zero attached hydrogens (tertiary/aromatic N) is 4. The van der Waals surface area contributed by atoms with E-state index < -0.39 is 24.2 Å². The smallest absolute Gasteiger partial charge is 0.234 e. The minimum absolute atomic E-state index is 0.229. The third-order valence-corrected chi connectivity index (χ3v) is 4.05. The van der Waals surface area contributed by atoms with Gasteiger partial charge in [-0.2, -0.15) is 0 Å². The number of nitrogens with one attached hydrogen (secondary N) is 1. The van der Waals surface area contributed by atoms with Gasteiger partial charge in [0.1, 0.15) is 30.4 Å². The number of fused-ring (bicyclic) bond motifs is 1. The molecule has 126 valence electrons. The van der Waals surface area contributed by atoms with Crippen molar-refractivity contribution in [2.75, 3.05) is 18.8 Å². The van der Waals surface area contributed by atoms with Gasteiger partial charge < -0.3 is 26.4 Å². The minimum atomic E-state index is -1.40. The van der Waals surface area contributed by atoms with Crippen LogP contribution >= 0.6 is 0 Å². The zero-order chi connectivity index (χ0) is 16.6. The van der Waals surface area contributed by atoms with Crippen molar-refractivity contribution >= 4 is 17.0 Å². The molecule has 3 rings (SSSR count). The zero-order valence-corrected chi connectivity index (χ0v) is 12.8. The molecule has 0 radical (unpaired) electrons. The van der Waals surface area contributed by atoms with Gasteiger partial charge in [0, 0.05) is 6.54 Å². The molecule has 0 amide bonds. The van der Waals surface area contributed by atoms with Crippen LogP contribution in [-0.2, 0) is 10.6 Å². The van der Waals surface area contributed by atoms with E-state index in [9.17, 15) is 10.2 Å². The number of anilines is 1. The Morgan fingerprint density at radius 1 is 1.39 bits per heavy atom. The van der Waals surface area contributed by atoms with Gasteiger partial charge in [-0.25, -0.2) is 15.0 Å². The molecule has 2 aromatic rings. The SMILES string of the molecule is C[C@H]1O[C@@](NCCCN)(n2cnc3c(N)ncnc32)[C@H](O)[C@@H]1O. The van der Waals surface area contributed by atoms with Crippen LogP contribution in [0.5, 0.6) is 0 Å². The Hall–Kier alpha value is -1.85. The summed E-state index contributed by atoms with van der Waals surface area (Å²) < 4.78 is 7.42. The Labute approximate surface area is 132 Å². The molecule has 0 aliphatic carbocycles. The Kier molecular flexibility index (Phi) is 4.17. The molecule has 0 saturated carbocycles. The molecule has 0 aromatic carbocycles. The minimum Gasteiger partial charge on any atom is -0.387 e. The van der Waals surface area contributed by atoms with Crippen LogP contribution in [0.1, 0.15) is 13.3 Å². The third kappa shape index (κ3) is 2.44. The van der Waals surface area contributed by atoms with Crippen LogP contribution in [0.2, 0.25) is 0 Å². The first-order valence-corrected chi connectivity index (χ1v) is 7.44. The molecule has 0 bridgehead atoms. The van der Waals surface area contributed by atoms with Crippen molar-refractivity contribution in [1.29, 1.82) is 0 Å². The summed E-state index contributed by atoms with van der Waals surface area (Å²) in [6.07, 6.45) is 0.586. The van der Waals surface area contributed by atoms with E-state index in [4.69, 9.17) is 16.2 Å². The number of hydrogen-bond acceptors (Lipinski definition) is 9. The first kappa shape index (κ1) is 16.0. The van der Waals surface area contributed by atoms with Crippen LogP contribution in [0.15, 0.2) is 12.7 Å². The van der Waals surface area contributed by atoms with Crippen LogP contribution in [0.4, 0.5) is 5.82 Å². The lowest BCUT2D eigenvalue weighted by Gasteiger charge is -2.34. The van der Waals surface area contributed by atoms with Crippen LogP contribution in [0, 0.1) is 0 Å². The van der Waals surface area contributed by atoms with Crippen LogP contribution in [0.3, 0.4) is 0 Å². The number of hydrogen-bond donors (Lipinski definition) is 5. The fourth-order valence-corrected chi connectivity index (χ4v) is 2.81. The second-order valence-electron chi connectivity index (χ2n) is 5.57. The molecule has 1 aliphatic heterocycles. The van der Waals surface area contributed by atoms with Gasteiger partial charge in [-0.3, -0.25) is 9.88 Å². The van der Waals surface area contributed by atoms with Gasteiger partial charge >= 0.3 is 0 Å². The lowest BCUT2D eigenvalue weighted by atomic mass is 10.1. The molecule has 10 heteroatoms. The van der Waals surface area contributed by atoms with Gasteiger partial charge in [-0.15, -0.1) is 0 Å². The number of nitrogens with two attached hydrogens (primary N) is 2. The van der Waals surface area contributed by atoms with Crippen LogP contribution < -0.4 is 16.8 Å². The number of nitrogen functional groups attached to an aromatic ring is 1. The number of ether oxygens (including phenoxy) is 1. The number of aliphatic hydroxyl groups is 2. The largest absolute Gasteiger partial charge is 0.387 e. The highest BCUT2D eigenvalue weighted by Gasteiger charge is 2.54. The maximum atomic E-state index is 10.6. The van der Waals surface area contributed by atoms with Gasteiger partial charge in [0.2, 0.25) is 5.85 Å². The van der Waals surface area contributed by atoms with E-state index in [2.05, 4.69) is 20.3 Å². The first-order chi connectivity index (χ1) is 11.0. The maximum absolute atomic E-state index is 10.6. The first-order valence-electron chi connectivity index (χ1n) is 7.44. The molecule has 0 unspecified atom stereocenters. The van der Waals surface area contributed by atoms with E-state index in [-0.39, 0.29) is 5.82 Å². The van der Waals surface area contributed by atoms with Crippen LogP contribution in [-0.4, -0.2) is 61.1 Å². The van der Waals surface area contributed by atoms with Gasteiger partial charge in [0.05, 0.1) is 6.10 Å². The average Bonchev–Trinajstić information content (AvgIpc) is 3.06. The number of aromatic nitrogens is 4. The summed E-state index contributed by atoms with van der Waals surface area (Å²) in [7, 11) is 0. The normalized spacial score (nSPS) is 31.0. The second kappa shape index (κ2) is 5.98. The van der Waals surface area contributed by atoms with Gasteiger partial charge in [-0.1, -0.05) is 0 Å². The Morgan fingerprint density at radius 3 is 2.83 bits per heavy atom. The molecular weight excluding hydrogens is 302 g/mol. The predicted molar refractivity (Wildman–Crippen MR) is 81.9 cm³/mol. The summed E-state index contributed by atoms with van der Waals surface area (Å²) in [5.74, 6) is -1.17. The Morgan fingerprint density at radius 2 is 2.17 bits per heavy atom. The van der Waals surface area contributed by atoms with Crippen molar-refractivity contribution in [2.45, 2.75) is 37.5 Å². The molecule has 1 aliphatic rings. The van der Waals surface area contributed by atoms with E-state index in [0.29, 0.717) is 30.7 Å². The van der Waals surface area contributed by atoms with E-state index in [1.165, 1.54) is 17.2 Å². The molecule has 2 aromatic heterocycles. The summed E-state index contributed by atoms with van der Waals surface area (Å²) in [6.45, 7) is 2.65. The van der Waals surface area contributed by atoms with Crippen molar-refractivity contribution in [2.24, 2.45) is 5.73 Å². The zero-order valence-electron chi connectivity index (χ0n) is 12.8. The molecule has 1 saturated heterocycles. The summed E-state index contributed by atoms with van der Waals surface area (Å²) in [4.78, 5) is 12.3. The average molecular weight is 323 g/mol. The van der Waals surface area contributed by atoms with Crippen molar-refractivity contribution in [3.8, 4) is 0 Å². The Bertz CT molecular complexity index is 693. The Balaban J connectivity index is 2.09. The summed E-state index contributed by atoms with van der Waals surface area (Å²) in [5.41, 5.74) is 12.1. The second-order valence-corrected chi connectivity index (χ2v) is 5.57. The van der Waals surface area contributed by atoms with Crippen molar-refractivity contribution in [3.05, 3.63) is 12.7 Å². The fraction of sp³-hybridized carbons (Fsp3) is 0.615. The molecule has 10 nitrogen and oxygen atoms in total.